The van der Waals surface area contributed by atoms with Crippen LogP contribution >= 0.6 is 0 Å². The Bertz CT molecular complexity index is 1260. The Hall–Kier alpha value is -4.19. The van der Waals surface area contributed by atoms with E-state index in [1.807, 2.05) is 14.6 Å². The minimum atomic E-state index is -0.351. The summed E-state index contributed by atoms with van der Waals surface area (Å²) in [6.45, 7) is 0. The third-order valence-electron chi connectivity index (χ3n) is 6.50. The highest BCUT2D eigenvalue weighted by molar-refractivity contribution is 6.48. The van der Waals surface area contributed by atoms with Gasteiger partial charge in [0.25, 0.3) is 0 Å². The van der Waals surface area contributed by atoms with Crippen LogP contribution in [-0.4, -0.2) is 14.6 Å². The van der Waals surface area contributed by atoms with Crippen LogP contribution in [0.5, 0.6) is 0 Å². The quantitative estimate of drug-likeness (QED) is 0.120. The number of hydrogen-bond donors (Lipinski definition) is 2. The van der Waals surface area contributed by atoms with Gasteiger partial charge in [-0.05, 0) is 93.1 Å². The first kappa shape index (κ1) is 28.8. The first-order chi connectivity index (χ1) is 19.3. The summed E-state index contributed by atoms with van der Waals surface area (Å²) in [7, 11) is 3.84. The van der Waals surface area contributed by atoms with Gasteiger partial charge in [-0.2, -0.15) is 0 Å². The van der Waals surface area contributed by atoms with Crippen LogP contribution in [0.1, 0.15) is 35.1 Å². The van der Waals surface area contributed by atoms with E-state index in [1.54, 1.807) is 48.5 Å². The third-order valence-corrected chi connectivity index (χ3v) is 6.50. The normalized spacial score (nSPS) is 10.6. The van der Waals surface area contributed by atoms with Crippen molar-refractivity contribution in [3.8, 4) is 0 Å². The Balaban J connectivity index is 1.41. The van der Waals surface area contributed by atoms with Gasteiger partial charge >= 0.3 is 0 Å². The van der Waals surface area contributed by atoms with E-state index >= 15 is 0 Å². The van der Waals surface area contributed by atoms with Crippen molar-refractivity contribution in [1.82, 2.24) is 0 Å². The maximum absolute atomic E-state index is 13.5. The molecule has 0 atom stereocenters. The van der Waals surface area contributed by atoms with Gasteiger partial charge in [0.15, 0.2) is 14.6 Å². The lowest BCUT2D eigenvalue weighted by Gasteiger charge is -2.14. The molecule has 4 aromatic carbocycles. The Morgan fingerprint density at radius 1 is 0.425 bits per heavy atom. The number of nitrogens with two attached hydrogens (primary N) is 2. The summed E-state index contributed by atoms with van der Waals surface area (Å²) in [5.74, 6) is -1.40. The average Bonchev–Trinajstić information content (AvgIpc) is 2.95. The Morgan fingerprint density at radius 3 is 0.875 bits per heavy atom. The maximum atomic E-state index is 13.5. The first-order valence-corrected chi connectivity index (χ1v) is 13.0. The van der Waals surface area contributed by atoms with E-state index in [2.05, 4.69) is 0 Å². The molecule has 0 amide bonds. The van der Waals surface area contributed by atoms with Crippen molar-refractivity contribution in [3.63, 3.8) is 0 Å². The lowest BCUT2D eigenvalue weighted by atomic mass is 9.63. The number of unbranched alkanes of at least 4 members (excludes halogenated alkanes) is 1. The summed E-state index contributed by atoms with van der Waals surface area (Å²) in [5, 5.41) is 0. The van der Waals surface area contributed by atoms with Crippen LogP contribution in [-0.2, 0) is 0 Å². The van der Waals surface area contributed by atoms with Crippen molar-refractivity contribution in [1.29, 1.82) is 0 Å². The van der Waals surface area contributed by atoms with E-state index in [-0.39, 0.29) is 23.3 Å². The van der Waals surface area contributed by atoms with Crippen molar-refractivity contribution in [3.05, 3.63) is 154 Å². The predicted molar refractivity (Wildman–Crippen MR) is 156 cm³/mol. The Labute approximate surface area is 233 Å². The minimum absolute atomic E-state index is 0.351. The number of rotatable bonds is 11. The van der Waals surface area contributed by atoms with Gasteiger partial charge in [0.05, 0.1) is 0 Å². The molecular formula is C32H28B2F4N2. The molecule has 200 valence electrons. The molecule has 0 aromatic heterocycles. The molecule has 8 heteroatoms. The van der Waals surface area contributed by atoms with E-state index in [0.29, 0.717) is 35.0 Å². The monoisotopic (exact) mass is 538 g/mol. The molecule has 0 saturated carbocycles. The standard InChI is InChI=1S/C32H28B2F4N2/c35-25-11-3-21(4-12-25)29(22-5-13-26(36)14-6-22)31(39)33-19-1-2-20-34-32(40)30(23-7-15-27(37)16-8-23)24-9-17-28(38)18-10-24/h3-18H,1-2,19-20,39-40H2. The highest BCUT2D eigenvalue weighted by Gasteiger charge is 2.13. The first-order valence-electron chi connectivity index (χ1n) is 13.0. The van der Waals surface area contributed by atoms with Crippen molar-refractivity contribution in [2.24, 2.45) is 11.5 Å². The molecule has 2 nitrogen and oxygen atoms in total. The molecule has 0 spiro atoms. The van der Waals surface area contributed by atoms with Gasteiger partial charge in [0, 0.05) is 0 Å². The van der Waals surface area contributed by atoms with Gasteiger partial charge in [-0.15, -0.1) is 0 Å². The molecular weight excluding hydrogens is 510 g/mol. The second-order valence-corrected chi connectivity index (χ2v) is 9.38. The minimum Gasteiger partial charge on any atom is -0.410 e. The van der Waals surface area contributed by atoms with Crippen LogP contribution in [0.2, 0.25) is 12.6 Å². The molecule has 0 heterocycles. The molecule has 0 aliphatic rings. The van der Waals surface area contributed by atoms with E-state index in [4.69, 9.17) is 11.5 Å². The number of hydrogen-bond acceptors (Lipinski definition) is 2. The van der Waals surface area contributed by atoms with Crippen LogP contribution in [0.15, 0.2) is 108 Å². The largest absolute Gasteiger partial charge is 0.410 e. The smallest absolute Gasteiger partial charge is 0.174 e. The fourth-order valence-electron chi connectivity index (χ4n) is 4.47. The molecule has 0 fully saturated rings. The van der Waals surface area contributed by atoms with Gasteiger partial charge in [0.2, 0.25) is 0 Å². The molecule has 0 aliphatic heterocycles. The summed E-state index contributed by atoms with van der Waals surface area (Å²) < 4.78 is 54.0. The molecule has 4 N–H and O–H groups in total. The highest BCUT2D eigenvalue weighted by Crippen LogP contribution is 2.28. The topological polar surface area (TPSA) is 52.0 Å². The van der Waals surface area contributed by atoms with Crippen LogP contribution in [0.3, 0.4) is 0 Å². The van der Waals surface area contributed by atoms with E-state index in [9.17, 15) is 17.6 Å². The van der Waals surface area contributed by atoms with Crippen LogP contribution in [0.25, 0.3) is 11.1 Å². The Kier molecular flexibility index (Phi) is 9.90. The SMILES string of the molecule is NC([B]CCCC[B]C(N)=C(c1ccc(F)cc1)c1ccc(F)cc1)=C(c1ccc(F)cc1)c1ccc(F)cc1. The predicted octanol–water partition coefficient (Wildman–Crippen LogP) is 7.32. The summed E-state index contributed by atoms with van der Waals surface area (Å²) in [6, 6.07) is 24.1. The molecule has 4 aromatic rings. The zero-order valence-corrected chi connectivity index (χ0v) is 21.9. The molecule has 0 bridgehead atoms. The highest BCUT2D eigenvalue weighted by atomic mass is 19.1. The second-order valence-electron chi connectivity index (χ2n) is 9.38. The van der Waals surface area contributed by atoms with Crippen molar-refractivity contribution in [2.75, 3.05) is 0 Å². The van der Waals surface area contributed by atoms with Gasteiger partial charge in [-0.1, -0.05) is 74.0 Å². The van der Waals surface area contributed by atoms with Crippen LogP contribution in [0, 0.1) is 23.3 Å². The molecule has 2 radical (unpaired) electrons. The lowest BCUT2D eigenvalue weighted by Crippen LogP contribution is -2.12. The number of benzene rings is 4. The molecule has 0 saturated heterocycles. The summed E-state index contributed by atoms with van der Waals surface area (Å²) in [5.41, 5.74) is 18.3. The van der Waals surface area contributed by atoms with E-state index < -0.39 is 0 Å². The average molecular weight is 538 g/mol. The maximum Gasteiger partial charge on any atom is 0.174 e. The van der Waals surface area contributed by atoms with E-state index in [0.717, 1.165) is 35.1 Å². The van der Waals surface area contributed by atoms with Gasteiger partial charge < -0.3 is 11.5 Å². The van der Waals surface area contributed by atoms with E-state index in [1.165, 1.54) is 48.5 Å². The molecule has 4 rings (SSSR count). The molecule has 40 heavy (non-hydrogen) atoms. The number of halogens is 4. The van der Waals surface area contributed by atoms with Crippen molar-refractivity contribution in [2.45, 2.75) is 25.5 Å². The molecule has 0 aliphatic carbocycles. The second kappa shape index (κ2) is 13.7. The third kappa shape index (κ3) is 7.69. The molecule has 0 unspecified atom stereocenters. The Morgan fingerprint density at radius 2 is 0.650 bits per heavy atom. The van der Waals surface area contributed by atoms with Gasteiger partial charge in [0.1, 0.15) is 23.3 Å². The summed E-state index contributed by atoms with van der Waals surface area (Å²) in [4.78, 5) is 0. The van der Waals surface area contributed by atoms with Crippen LogP contribution in [0.4, 0.5) is 17.6 Å². The van der Waals surface area contributed by atoms with Crippen molar-refractivity contribution >= 4 is 25.7 Å². The lowest BCUT2D eigenvalue weighted by molar-refractivity contribution is 0.627. The summed E-state index contributed by atoms with van der Waals surface area (Å²) >= 11 is 0. The van der Waals surface area contributed by atoms with Gasteiger partial charge in [-0.3, -0.25) is 0 Å². The van der Waals surface area contributed by atoms with Crippen LogP contribution < -0.4 is 11.5 Å². The zero-order valence-electron chi connectivity index (χ0n) is 21.9. The van der Waals surface area contributed by atoms with Crippen molar-refractivity contribution < 1.29 is 17.6 Å². The zero-order chi connectivity index (χ0) is 28.5. The fourth-order valence-corrected chi connectivity index (χ4v) is 4.47. The fraction of sp³-hybridized carbons (Fsp3) is 0.125. The summed E-state index contributed by atoms with van der Waals surface area (Å²) in [6.07, 6.45) is 3.04. The van der Waals surface area contributed by atoms with Gasteiger partial charge in [-0.25, -0.2) is 17.6 Å².